The average molecular weight is 449 g/mol. The lowest BCUT2D eigenvalue weighted by Gasteiger charge is -2.26. The van der Waals surface area contributed by atoms with Crippen molar-refractivity contribution in [2.75, 3.05) is 47.1 Å². The van der Waals surface area contributed by atoms with Crippen LogP contribution in [0.1, 0.15) is 11.1 Å². The zero-order valence-electron chi connectivity index (χ0n) is 17.8. The predicted octanol–water partition coefficient (Wildman–Crippen LogP) is 1.63. The molecule has 1 aliphatic heterocycles. The first-order valence-electron chi connectivity index (χ1n) is 10.1. The highest BCUT2D eigenvalue weighted by atomic mass is 32.2. The number of nitrogens with one attached hydrogen (secondary N) is 1. The van der Waals surface area contributed by atoms with Crippen molar-refractivity contribution in [1.82, 2.24) is 9.62 Å². The highest BCUT2D eigenvalue weighted by Gasteiger charge is 2.29. The topological polar surface area (TPSA) is 94.2 Å². The van der Waals surface area contributed by atoms with Crippen molar-refractivity contribution in [2.45, 2.75) is 17.7 Å². The SMILES string of the molecule is COc1ccc(CCNC(=O)Cc2ccc(OC)c(S(=O)(=O)N3CCOCC3)c2)cc1. The van der Waals surface area contributed by atoms with E-state index in [2.05, 4.69) is 5.32 Å². The van der Waals surface area contributed by atoms with Crippen molar-refractivity contribution < 1.29 is 27.4 Å². The molecular weight excluding hydrogens is 420 g/mol. The number of carbonyl (C=O) groups is 1. The van der Waals surface area contributed by atoms with Crippen molar-refractivity contribution in [3.63, 3.8) is 0 Å². The van der Waals surface area contributed by atoms with E-state index < -0.39 is 10.0 Å². The van der Waals surface area contributed by atoms with Crippen LogP contribution >= 0.6 is 0 Å². The third-order valence-electron chi connectivity index (χ3n) is 5.08. The minimum atomic E-state index is -3.74. The van der Waals surface area contributed by atoms with Crippen molar-refractivity contribution in [3.05, 3.63) is 53.6 Å². The average Bonchev–Trinajstić information content (AvgIpc) is 2.80. The Labute approximate surface area is 183 Å². The molecule has 9 heteroatoms. The van der Waals surface area contributed by atoms with E-state index in [0.29, 0.717) is 44.8 Å². The summed E-state index contributed by atoms with van der Waals surface area (Å²) in [6.07, 6.45) is 0.771. The molecule has 0 saturated carbocycles. The number of hydrogen-bond acceptors (Lipinski definition) is 6. The summed E-state index contributed by atoms with van der Waals surface area (Å²) >= 11 is 0. The van der Waals surface area contributed by atoms with E-state index in [1.165, 1.54) is 17.5 Å². The molecule has 8 nitrogen and oxygen atoms in total. The van der Waals surface area contributed by atoms with E-state index in [1.54, 1.807) is 19.2 Å². The molecule has 2 aromatic carbocycles. The fourth-order valence-electron chi connectivity index (χ4n) is 3.35. The first-order chi connectivity index (χ1) is 14.9. The Morgan fingerprint density at radius 3 is 2.35 bits per heavy atom. The van der Waals surface area contributed by atoms with E-state index in [4.69, 9.17) is 14.2 Å². The highest BCUT2D eigenvalue weighted by Crippen LogP contribution is 2.28. The first-order valence-corrected chi connectivity index (χ1v) is 11.5. The van der Waals surface area contributed by atoms with Crippen LogP contribution in [-0.4, -0.2) is 65.7 Å². The monoisotopic (exact) mass is 448 g/mol. The summed E-state index contributed by atoms with van der Waals surface area (Å²) in [5, 5.41) is 2.88. The maximum atomic E-state index is 13.1. The third kappa shape index (κ3) is 5.96. The summed E-state index contributed by atoms with van der Waals surface area (Å²) < 4.78 is 43.2. The molecule has 168 valence electrons. The number of sulfonamides is 1. The van der Waals surface area contributed by atoms with Crippen LogP contribution in [-0.2, 0) is 32.4 Å². The fraction of sp³-hybridized carbons (Fsp3) is 0.409. The van der Waals surface area contributed by atoms with E-state index in [1.807, 2.05) is 24.3 Å². The zero-order chi connectivity index (χ0) is 22.3. The molecule has 0 spiro atoms. The number of amides is 1. The molecule has 1 N–H and O–H groups in total. The molecule has 0 bridgehead atoms. The van der Waals surface area contributed by atoms with Crippen molar-refractivity contribution in [1.29, 1.82) is 0 Å². The summed E-state index contributed by atoms with van der Waals surface area (Å²) in [7, 11) is -0.689. The van der Waals surface area contributed by atoms with Gasteiger partial charge in [0.1, 0.15) is 16.4 Å². The van der Waals surface area contributed by atoms with Crippen LogP contribution in [0.2, 0.25) is 0 Å². The van der Waals surface area contributed by atoms with Crippen LogP contribution in [0.4, 0.5) is 0 Å². The molecular formula is C22H28N2O6S. The van der Waals surface area contributed by atoms with Crippen LogP contribution in [0.5, 0.6) is 11.5 Å². The summed E-state index contributed by atoms with van der Waals surface area (Å²) in [6.45, 7) is 1.79. The van der Waals surface area contributed by atoms with Crippen LogP contribution < -0.4 is 14.8 Å². The van der Waals surface area contributed by atoms with Crippen molar-refractivity contribution in [2.24, 2.45) is 0 Å². The second kappa shape index (κ2) is 10.6. The summed E-state index contributed by atoms with van der Waals surface area (Å²) in [6, 6.07) is 12.5. The smallest absolute Gasteiger partial charge is 0.246 e. The van der Waals surface area contributed by atoms with Crippen LogP contribution in [0.15, 0.2) is 47.4 Å². The van der Waals surface area contributed by atoms with Gasteiger partial charge in [-0.25, -0.2) is 8.42 Å². The summed E-state index contributed by atoms with van der Waals surface area (Å²) in [4.78, 5) is 12.5. The summed E-state index contributed by atoms with van der Waals surface area (Å²) in [5.41, 5.74) is 1.69. The minimum absolute atomic E-state index is 0.0698. The number of rotatable bonds is 9. The molecule has 3 rings (SSSR count). The minimum Gasteiger partial charge on any atom is -0.497 e. The van der Waals surface area contributed by atoms with Gasteiger partial charge in [-0.2, -0.15) is 4.31 Å². The van der Waals surface area contributed by atoms with Gasteiger partial charge in [0.2, 0.25) is 15.9 Å². The van der Waals surface area contributed by atoms with Crippen molar-refractivity contribution >= 4 is 15.9 Å². The van der Waals surface area contributed by atoms with E-state index in [9.17, 15) is 13.2 Å². The fourth-order valence-corrected chi connectivity index (χ4v) is 4.96. The number of ether oxygens (including phenoxy) is 3. The zero-order valence-corrected chi connectivity index (χ0v) is 18.6. The van der Waals surface area contributed by atoms with E-state index in [0.717, 1.165) is 11.3 Å². The number of benzene rings is 2. The van der Waals surface area contributed by atoms with Gasteiger partial charge in [0.15, 0.2) is 0 Å². The number of methoxy groups -OCH3 is 2. The molecule has 31 heavy (non-hydrogen) atoms. The molecule has 0 atom stereocenters. The van der Waals surface area contributed by atoms with Gasteiger partial charge in [-0.05, 0) is 41.8 Å². The Morgan fingerprint density at radius 2 is 1.71 bits per heavy atom. The molecule has 0 aliphatic carbocycles. The lowest BCUT2D eigenvalue weighted by atomic mass is 10.1. The van der Waals surface area contributed by atoms with Crippen LogP contribution in [0, 0.1) is 0 Å². The second-order valence-corrected chi connectivity index (χ2v) is 9.03. The Hall–Kier alpha value is -2.62. The van der Waals surface area contributed by atoms with Crippen LogP contribution in [0.3, 0.4) is 0 Å². The van der Waals surface area contributed by atoms with Gasteiger partial charge in [0, 0.05) is 19.6 Å². The van der Waals surface area contributed by atoms with Gasteiger partial charge >= 0.3 is 0 Å². The molecule has 1 fully saturated rings. The first kappa shape index (κ1) is 23.1. The predicted molar refractivity (Wildman–Crippen MR) is 116 cm³/mol. The normalized spacial score (nSPS) is 14.8. The molecule has 0 radical (unpaired) electrons. The maximum Gasteiger partial charge on any atom is 0.246 e. The van der Waals surface area contributed by atoms with Gasteiger partial charge in [0.05, 0.1) is 33.9 Å². The van der Waals surface area contributed by atoms with Gasteiger partial charge in [-0.3, -0.25) is 4.79 Å². The van der Waals surface area contributed by atoms with Crippen molar-refractivity contribution in [3.8, 4) is 11.5 Å². The van der Waals surface area contributed by atoms with E-state index >= 15 is 0 Å². The third-order valence-corrected chi connectivity index (χ3v) is 7.00. The molecule has 1 aliphatic rings. The number of morpholine rings is 1. The van der Waals surface area contributed by atoms with Gasteiger partial charge in [0.25, 0.3) is 0 Å². The Morgan fingerprint density at radius 1 is 1.03 bits per heavy atom. The van der Waals surface area contributed by atoms with E-state index in [-0.39, 0.29) is 23.0 Å². The molecule has 1 heterocycles. The van der Waals surface area contributed by atoms with Gasteiger partial charge < -0.3 is 19.5 Å². The van der Waals surface area contributed by atoms with Gasteiger partial charge in [-0.1, -0.05) is 18.2 Å². The molecule has 2 aromatic rings. The molecule has 0 unspecified atom stereocenters. The lowest BCUT2D eigenvalue weighted by molar-refractivity contribution is -0.120. The summed E-state index contributed by atoms with van der Waals surface area (Å²) in [5.74, 6) is 0.874. The highest BCUT2D eigenvalue weighted by molar-refractivity contribution is 7.89. The quantitative estimate of drug-likeness (QED) is 0.627. The van der Waals surface area contributed by atoms with Crippen LogP contribution in [0.25, 0.3) is 0 Å². The second-order valence-electron chi connectivity index (χ2n) is 7.13. The molecule has 0 aromatic heterocycles. The maximum absolute atomic E-state index is 13.1. The Bertz CT molecular complexity index is 986. The van der Waals surface area contributed by atoms with Gasteiger partial charge in [-0.15, -0.1) is 0 Å². The standard InChI is InChI=1S/C22H28N2O6S/c1-28-19-6-3-17(4-7-19)9-10-23-22(25)16-18-5-8-20(29-2)21(15-18)31(26,27)24-11-13-30-14-12-24/h3-8,15H,9-14,16H2,1-2H3,(H,23,25). The number of nitrogens with zero attached hydrogens (tertiary/aromatic N) is 1. The molecule has 1 amide bonds. The number of hydrogen-bond donors (Lipinski definition) is 1. The number of carbonyl (C=O) groups excluding carboxylic acids is 1. The Balaban J connectivity index is 1.63. The molecule has 1 saturated heterocycles. The lowest BCUT2D eigenvalue weighted by Crippen LogP contribution is -2.40. The largest absolute Gasteiger partial charge is 0.497 e. The Kier molecular flexibility index (Phi) is 7.89.